The molecular weight excluding hydrogens is 152 g/mol. The molecule has 1 amide bonds. The van der Waals surface area contributed by atoms with Crippen LogP contribution in [-0.2, 0) is 0 Å². The van der Waals surface area contributed by atoms with Crippen molar-refractivity contribution >= 4 is 12.2 Å². The van der Waals surface area contributed by atoms with Crippen LogP contribution in [0.4, 0.5) is 0 Å². The van der Waals surface area contributed by atoms with Crippen molar-refractivity contribution in [2.24, 2.45) is 0 Å². The van der Waals surface area contributed by atoms with E-state index in [0.29, 0.717) is 5.56 Å². The molecule has 1 rings (SSSR count). The number of hydrogen-bond acceptors (Lipinski definition) is 2. The van der Waals surface area contributed by atoms with Gasteiger partial charge in [0, 0.05) is 12.6 Å². The highest BCUT2D eigenvalue weighted by molar-refractivity contribution is 5.99. The first-order chi connectivity index (χ1) is 5.75. The molecule has 0 fully saturated rings. The van der Waals surface area contributed by atoms with E-state index in [4.69, 9.17) is 5.41 Å². The van der Waals surface area contributed by atoms with Gasteiger partial charge in [0.25, 0.3) is 5.91 Å². The summed E-state index contributed by atoms with van der Waals surface area (Å²) >= 11 is 0. The van der Waals surface area contributed by atoms with Crippen molar-refractivity contribution in [3.05, 3.63) is 35.9 Å². The van der Waals surface area contributed by atoms with E-state index in [-0.39, 0.29) is 5.91 Å². The van der Waals surface area contributed by atoms with E-state index in [2.05, 4.69) is 0 Å². The Labute approximate surface area is 71.1 Å². The van der Waals surface area contributed by atoms with Gasteiger partial charge in [-0.3, -0.25) is 10.2 Å². The molecule has 3 heteroatoms. The van der Waals surface area contributed by atoms with Gasteiger partial charge >= 0.3 is 0 Å². The Hall–Kier alpha value is -1.64. The van der Waals surface area contributed by atoms with Gasteiger partial charge in [0.15, 0.2) is 0 Å². The van der Waals surface area contributed by atoms with Crippen LogP contribution in [0.1, 0.15) is 10.4 Å². The first-order valence-corrected chi connectivity index (χ1v) is 3.58. The lowest BCUT2D eigenvalue weighted by atomic mass is 10.2. The summed E-state index contributed by atoms with van der Waals surface area (Å²) in [6.45, 7) is 0. The van der Waals surface area contributed by atoms with Crippen LogP contribution in [0.2, 0.25) is 0 Å². The summed E-state index contributed by atoms with van der Waals surface area (Å²) in [4.78, 5) is 12.6. The van der Waals surface area contributed by atoms with Gasteiger partial charge in [-0.05, 0) is 12.1 Å². The Morgan fingerprint density at radius 1 is 1.42 bits per heavy atom. The summed E-state index contributed by atoms with van der Waals surface area (Å²) in [6, 6.07) is 8.89. The standard InChI is InChI=1S/C9H10N2O/c1-11(7-10)9(12)8-5-3-2-4-6-8/h2-7,10H,1H3. The zero-order chi connectivity index (χ0) is 8.97. The van der Waals surface area contributed by atoms with Crippen LogP contribution < -0.4 is 0 Å². The van der Waals surface area contributed by atoms with E-state index < -0.39 is 0 Å². The molecule has 0 bridgehead atoms. The van der Waals surface area contributed by atoms with Gasteiger partial charge in [0.1, 0.15) is 0 Å². The highest BCUT2D eigenvalue weighted by Crippen LogP contribution is 2.00. The minimum absolute atomic E-state index is 0.161. The van der Waals surface area contributed by atoms with E-state index in [9.17, 15) is 4.79 Å². The molecule has 0 aliphatic carbocycles. The Morgan fingerprint density at radius 2 is 2.00 bits per heavy atom. The molecule has 0 aromatic heterocycles. The third-order valence-corrected chi connectivity index (χ3v) is 1.53. The van der Waals surface area contributed by atoms with Crippen molar-refractivity contribution in [2.75, 3.05) is 7.05 Å². The second kappa shape index (κ2) is 3.67. The van der Waals surface area contributed by atoms with Crippen LogP contribution in [0.3, 0.4) is 0 Å². The second-order valence-electron chi connectivity index (χ2n) is 2.41. The van der Waals surface area contributed by atoms with Crippen LogP contribution in [0.25, 0.3) is 0 Å². The van der Waals surface area contributed by atoms with Crippen LogP contribution in [-0.4, -0.2) is 24.2 Å². The van der Waals surface area contributed by atoms with Gasteiger partial charge in [-0.2, -0.15) is 0 Å². The number of carbonyl (C=O) groups is 1. The van der Waals surface area contributed by atoms with Gasteiger partial charge in [0.2, 0.25) is 0 Å². The third kappa shape index (κ3) is 1.69. The van der Waals surface area contributed by atoms with Crippen molar-refractivity contribution in [3.63, 3.8) is 0 Å². The topological polar surface area (TPSA) is 44.2 Å². The number of nitrogens with zero attached hydrogens (tertiary/aromatic N) is 1. The van der Waals surface area contributed by atoms with Gasteiger partial charge < -0.3 is 4.90 Å². The van der Waals surface area contributed by atoms with Crippen LogP contribution in [0, 0.1) is 5.41 Å². The van der Waals surface area contributed by atoms with Crippen molar-refractivity contribution in [2.45, 2.75) is 0 Å². The zero-order valence-electron chi connectivity index (χ0n) is 6.82. The summed E-state index contributed by atoms with van der Waals surface area (Å²) in [6.07, 6.45) is 0.995. The lowest BCUT2D eigenvalue weighted by Crippen LogP contribution is -2.24. The van der Waals surface area contributed by atoms with E-state index in [1.807, 2.05) is 6.07 Å². The number of amides is 1. The normalized spacial score (nSPS) is 9.08. The predicted octanol–water partition coefficient (Wildman–Crippen LogP) is 1.37. The fraction of sp³-hybridized carbons (Fsp3) is 0.111. The molecule has 0 aliphatic rings. The van der Waals surface area contributed by atoms with Crippen LogP contribution in [0.15, 0.2) is 30.3 Å². The third-order valence-electron chi connectivity index (χ3n) is 1.53. The maximum atomic E-state index is 11.4. The highest BCUT2D eigenvalue weighted by atomic mass is 16.2. The number of carbonyl (C=O) groups excluding carboxylic acids is 1. The molecule has 1 aromatic rings. The summed E-state index contributed by atoms with van der Waals surface area (Å²) in [5, 5.41) is 6.87. The Balaban J connectivity index is 2.85. The molecule has 3 nitrogen and oxygen atoms in total. The number of benzene rings is 1. The minimum atomic E-state index is -0.161. The lowest BCUT2D eigenvalue weighted by molar-refractivity contribution is 0.0875. The van der Waals surface area contributed by atoms with E-state index in [1.165, 1.54) is 4.90 Å². The Kier molecular flexibility index (Phi) is 2.58. The maximum absolute atomic E-state index is 11.4. The fourth-order valence-electron chi connectivity index (χ4n) is 0.843. The van der Waals surface area contributed by atoms with Gasteiger partial charge in [-0.1, -0.05) is 18.2 Å². The first-order valence-electron chi connectivity index (χ1n) is 3.58. The average Bonchev–Trinajstić information content (AvgIpc) is 2.17. The quantitative estimate of drug-likeness (QED) is 0.518. The molecule has 0 heterocycles. The van der Waals surface area contributed by atoms with Gasteiger partial charge in [-0.15, -0.1) is 0 Å². The molecule has 0 saturated carbocycles. The Bertz CT molecular complexity index is 282. The number of hydrogen-bond donors (Lipinski definition) is 1. The summed E-state index contributed by atoms with van der Waals surface area (Å²) in [5.74, 6) is -0.161. The van der Waals surface area contributed by atoms with Crippen molar-refractivity contribution in [3.8, 4) is 0 Å². The van der Waals surface area contributed by atoms with E-state index >= 15 is 0 Å². The largest absolute Gasteiger partial charge is 0.302 e. The second-order valence-corrected chi connectivity index (χ2v) is 2.41. The molecule has 1 aromatic carbocycles. The van der Waals surface area contributed by atoms with Crippen LogP contribution in [0.5, 0.6) is 0 Å². The summed E-state index contributed by atoms with van der Waals surface area (Å²) in [5.41, 5.74) is 0.600. The number of rotatable bonds is 2. The summed E-state index contributed by atoms with van der Waals surface area (Å²) < 4.78 is 0. The van der Waals surface area contributed by atoms with Crippen molar-refractivity contribution in [1.29, 1.82) is 5.41 Å². The molecule has 0 unspecified atom stereocenters. The maximum Gasteiger partial charge on any atom is 0.258 e. The smallest absolute Gasteiger partial charge is 0.258 e. The fourth-order valence-corrected chi connectivity index (χ4v) is 0.843. The zero-order valence-corrected chi connectivity index (χ0v) is 6.82. The molecule has 0 radical (unpaired) electrons. The Morgan fingerprint density at radius 3 is 2.50 bits per heavy atom. The molecule has 12 heavy (non-hydrogen) atoms. The number of nitrogens with one attached hydrogen (secondary N) is 1. The van der Waals surface area contributed by atoms with Gasteiger partial charge in [-0.25, -0.2) is 0 Å². The van der Waals surface area contributed by atoms with Crippen molar-refractivity contribution < 1.29 is 4.79 Å². The molecule has 0 spiro atoms. The molecule has 0 aliphatic heterocycles. The van der Waals surface area contributed by atoms with E-state index in [0.717, 1.165) is 6.34 Å². The molecule has 62 valence electrons. The van der Waals surface area contributed by atoms with Gasteiger partial charge in [0.05, 0.1) is 6.34 Å². The average molecular weight is 162 g/mol. The molecule has 0 atom stereocenters. The lowest BCUT2D eigenvalue weighted by Gasteiger charge is -2.09. The molecular formula is C9H10N2O. The highest BCUT2D eigenvalue weighted by Gasteiger charge is 2.07. The van der Waals surface area contributed by atoms with Crippen LogP contribution >= 0.6 is 0 Å². The summed E-state index contributed by atoms with van der Waals surface area (Å²) in [7, 11) is 1.56. The first kappa shape index (κ1) is 8.46. The van der Waals surface area contributed by atoms with Crippen molar-refractivity contribution in [1.82, 2.24) is 4.90 Å². The van der Waals surface area contributed by atoms with E-state index in [1.54, 1.807) is 31.3 Å². The molecule has 0 saturated heterocycles. The monoisotopic (exact) mass is 162 g/mol. The predicted molar refractivity (Wildman–Crippen MR) is 47.3 cm³/mol. The SMILES string of the molecule is CN(C=N)C(=O)c1ccccc1. The minimum Gasteiger partial charge on any atom is -0.302 e. The molecule has 1 N–H and O–H groups in total.